The standard InChI is InChI=1S/C15H21N3O3/c1-2-5-12(14(16)18-20)17-15(19)11-8-10-6-3-4-7-13(10)21-9-11/h3-4,6-7,11-12,20H,2,5,8-9H2,1H3,(H2,16,18)(H,17,19). The molecule has 1 aliphatic heterocycles. The van der Waals surface area contributed by atoms with Gasteiger partial charge in [-0.3, -0.25) is 4.79 Å². The number of amidine groups is 1. The Morgan fingerprint density at radius 3 is 3.05 bits per heavy atom. The monoisotopic (exact) mass is 291 g/mol. The number of carbonyl (C=O) groups excluding carboxylic acids is 1. The summed E-state index contributed by atoms with van der Waals surface area (Å²) in [4.78, 5) is 12.3. The minimum Gasteiger partial charge on any atom is -0.492 e. The Labute approximate surface area is 124 Å². The second-order valence-corrected chi connectivity index (χ2v) is 5.19. The third-order valence-electron chi connectivity index (χ3n) is 3.62. The summed E-state index contributed by atoms with van der Waals surface area (Å²) in [6.45, 7) is 2.32. The zero-order valence-corrected chi connectivity index (χ0v) is 12.1. The summed E-state index contributed by atoms with van der Waals surface area (Å²) in [5.74, 6) is 0.478. The van der Waals surface area contributed by atoms with Crippen molar-refractivity contribution in [2.75, 3.05) is 6.61 Å². The largest absolute Gasteiger partial charge is 0.492 e. The summed E-state index contributed by atoms with van der Waals surface area (Å²) in [5, 5.41) is 14.6. The molecule has 1 aliphatic rings. The fraction of sp³-hybridized carbons (Fsp3) is 0.467. The number of amides is 1. The number of para-hydroxylation sites is 1. The maximum atomic E-state index is 12.3. The van der Waals surface area contributed by atoms with Gasteiger partial charge in [0.05, 0.1) is 12.0 Å². The number of fused-ring (bicyclic) bond motifs is 1. The van der Waals surface area contributed by atoms with Crippen LogP contribution in [0.2, 0.25) is 0 Å². The first kappa shape index (κ1) is 15.2. The van der Waals surface area contributed by atoms with Crippen LogP contribution in [0.4, 0.5) is 0 Å². The van der Waals surface area contributed by atoms with E-state index < -0.39 is 6.04 Å². The normalized spacial score (nSPS) is 19.3. The van der Waals surface area contributed by atoms with Crippen LogP contribution in [-0.2, 0) is 11.2 Å². The average Bonchev–Trinajstić information content (AvgIpc) is 2.53. The number of nitrogens with one attached hydrogen (secondary N) is 1. The SMILES string of the molecule is CCCC(NC(=O)C1COc2ccccc2C1)C(N)=NO. The van der Waals surface area contributed by atoms with Crippen LogP contribution in [0.5, 0.6) is 5.75 Å². The van der Waals surface area contributed by atoms with Crippen LogP contribution in [0.3, 0.4) is 0 Å². The molecule has 2 atom stereocenters. The van der Waals surface area contributed by atoms with Gasteiger partial charge in [0.2, 0.25) is 5.91 Å². The van der Waals surface area contributed by atoms with Crippen molar-refractivity contribution >= 4 is 11.7 Å². The molecule has 2 unspecified atom stereocenters. The highest BCUT2D eigenvalue weighted by atomic mass is 16.5. The molecule has 21 heavy (non-hydrogen) atoms. The number of rotatable bonds is 5. The van der Waals surface area contributed by atoms with Gasteiger partial charge in [-0.05, 0) is 24.5 Å². The molecule has 1 heterocycles. The predicted octanol–water partition coefficient (Wildman–Crippen LogP) is 1.27. The second kappa shape index (κ2) is 6.97. The first-order valence-corrected chi connectivity index (χ1v) is 7.14. The Kier molecular flexibility index (Phi) is 5.03. The molecule has 0 aromatic heterocycles. The number of oxime groups is 1. The van der Waals surface area contributed by atoms with E-state index in [4.69, 9.17) is 15.7 Å². The molecule has 0 saturated carbocycles. The highest BCUT2D eigenvalue weighted by Gasteiger charge is 2.28. The maximum Gasteiger partial charge on any atom is 0.227 e. The molecule has 2 rings (SSSR count). The minimum atomic E-state index is -0.440. The van der Waals surface area contributed by atoms with Crippen molar-refractivity contribution in [1.29, 1.82) is 0 Å². The lowest BCUT2D eigenvalue weighted by molar-refractivity contribution is -0.126. The number of carbonyl (C=O) groups is 1. The number of benzene rings is 1. The van der Waals surface area contributed by atoms with Crippen LogP contribution in [0.15, 0.2) is 29.4 Å². The van der Waals surface area contributed by atoms with E-state index in [9.17, 15) is 4.79 Å². The zero-order chi connectivity index (χ0) is 15.2. The highest BCUT2D eigenvalue weighted by Crippen LogP contribution is 2.26. The summed E-state index contributed by atoms with van der Waals surface area (Å²) in [7, 11) is 0. The zero-order valence-electron chi connectivity index (χ0n) is 12.1. The van der Waals surface area contributed by atoms with Crippen molar-refractivity contribution < 1.29 is 14.7 Å². The molecule has 0 aliphatic carbocycles. The summed E-state index contributed by atoms with van der Waals surface area (Å²) in [6, 6.07) is 7.26. The van der Waals surface area contributed by atoms with Crippen molar-refractivity contribution in [3.05, 3.63) is 29.8 Å². The number of ether oxygens (including phenoxy) is 1. The van der Waals surface area contributed by atoms with Gasteiger partial charge in [-0.2, -0.15) is 0 Å². The van der Waals surface area contributed by atoms with Gasteiger partial charge in [0.1, 0.15) is 12.4 Å². The van der Waals surface area contributed by atoms with Crippen molar-refractivity contribution in [2.45, 2.75) is 32.2 Å². The fourth-order valence-corrected chi connectivity index (χ4v) is 2.44. The average molecular weight is 291 g/mol. The lowest BCUT2D eigenvalue weighted by atomic mass is 9.95. The summed E-state index contributed by atoms with van der Waals surface area (Å²) in [6.07, 6.45) is 2.09. The number of nitrogens with zero attached hydrogens (tertiary/aromatic N) is 1. The molecule has 0 radical (unpaired) electrons. The Bertz CT molecular complexity index is 531. The van der Waals surface area contributed by atoms with E-state index in [1.807, 2.05) is 31.2 Å². The van der Waals surface area contributed by atoms with Gasteiger partial charge >= 0.3 is 0 Å². The molecule has 114 valence electrons. The minimum absolute atomic E-state index is 0.0299. The van der Waals surface area contributed by atoms with E-state index in [0.29, 0.717) is 19.4 Å². The molecular weight excluding hydrogens is 270 g/mol. The first-order valence-electron chi connectivity index (χ1n) is 7.14. The summed E-state index contributed by atoms with van der Waals surface area (Å²) < 4.78 is 5.61. The second-order valence-electron chi connectivity index (χ2n) is 5.19. The molecule has 1 amide bonds. The maximum absolute atomic E-state index is 12.3. The Morgan fingerprint density at radius 1 is 1.57 bits per heavy atom. The Balaban J connectivity index is 2.01. The van der Waals surface area contributed by atoms with Crippen LogP contribution in [0, 0.1) is 5.92 Å². The van der Waals surface area contributed by atoms with E-state index in [-0.39, 0.29) is 17.7 Å². The van der Waals surface area contributed by atoms with Crippen molar-refractivity contribution in [1.82, 2.24) is 5.32 Å². The van der Waals surface area contributed by atoms with Crippen LogP contribution >= 0.6 is 0 Å². The van der Waals surface area contributed by atoms with Crippen LogP contribution in [-0.4, -0.2) is 29.6 Å². The summed E-state index contributed by atoms with van der Waals surface area (Å²) >= 11 is 0. The highest BCUT2D eigenvalue weighted by molar-refractivity contribution is 5.90. The topological polar surface area (TPSA) is 96.9 Å². The smallest absolute Gasteiger partial charge is 0.227 e. The molecule has 1 aromatic carbocycles. The number of nitrogens with two attached hydrogens (primary N) is 1. The summed E-state index contributed by atoms with van der Waals surface area (Å²) in [5.41, 5.74) is 6.64. The molecule has 6 nitrogen and oxygen atoms in total. The lowest BCUT2D eigenvalue weighted by Crippen LogP contribution is -2.48. The molecule has 1 aromatic rings. The number of hydrogen-bond acceptors (Lipinski definition) is 4. The van der Waals surface area contributed by atoms with Crippen molar-refractivity contribution in [2.24, 2.45) is 16.8 Å². The fourth-order valence-electron chi connectivity index (χ4n) is 2.44. The van der Waals surface area contributed by atoms with E-state index in [1.165, 1.54) is 0 Å². The molecule has 0 fully saturated rings. The Morgan fingerprint density at radius 2 is 2.33 bits per heavy atom. The van der Waals surface area contributed by atoms with Crippen molar-refractivity contribution in [3.63, 3.8) is 0 Å². The van der Waals surface area contributed by atoms with E-state index in [0.717, 1.165) is 17.7 Å². The predicted molar refractivity (Wildman–Crippen MR) is 79.4 cm³/mol. The van der Waals surface area contributed by atoms with Gasteiger partial charge in [0.25, 0.3) is 0 Å². The van der Waals surface area contributed by atoms with Crippen LogP contribution < -0.4 is 15.8 Å². The Hall–Kier alpha value is -2.24. The van der Waals surface area contributed by atoms with Crippen molar-refractivity contribution in [3.8, 4) is 5.75 Å². The molecule has 0 bridgehead atoms. The molecular formula is C15H21N3O3. The molecule has 4 N–H and O–H groups in total. The van der Waals surface area contributed by atoms with E-state index >= 15 is 0 Å². The van der Waals surface area contributed by atoms with E-state index in [2.05, 4.69) is 10.5 Å². The van der Waals surface area contributed by atoms with Gasteiger partial charge in [-0.25, -0.2) is 0 Å². The van der Waals surface area contributed by atoms with Gasteiger partial charge in [0, 0.05) is 0 Å². The quantitative estimate of drug-likeness (QED) is 0.329. The number of hydrogen-bond donors (Lipinski definition) is 3. The van der Waals surface area contributed by atoms with Crippen LogP contribution in [0.25, 0.3) is 0 Å². The van der Waals surface area contributed by atoms with Gasteiger partial charge in [-0.1, -0.05) is 36.7 Å². The molecule has 0 spiro atoms. The van der Waals surface area contributed by atoms with E-state index in [1.54, 1.807) is 0 Å². The first-order chi connectivity index (χ1) is 10.2. The van der Waals surface area contributed by atoms with Gasteiger partial charge in [0.15, 0.2) is 5.84 Å². The third-order valence-corrected chi connectivity index (χ3v) is 3.62. The molecule has 6 heteroatoms. The van der Waals surface area contributed by atoms with Gasteiger partial charge < -0.3 is 21.0 Å². The van der Waals surface area contributed by atoms with Crippen LogP contribution in [0.1, 0.15) is 25.3 Å². The lowest BCUT2D eigenvalue weighted by Gasteiger charge is -2.26. The molecule has 0 saturated heterocycles. The van der Waals surface area contributed by atoms with Gasteiger partial charge in [-0.15, -0.1) is 0 Å². The third kappa shape index (κ3) is 3.65.